The van der Waals surface area contributed by atoms with Crippen molar-refractivity contribution in [2.24, 2.45) is 5.84 Å². The number of aromatic nitrogens is 1. The summed E-state index contributed by atoms with van der Waals surface area (Å²) in [6.45, 7) is 1.59. The fraction of sp³-hybridized carbons (Fsp3) is 0.154. The summed E-state index contributed by atoms with van der Waals surface area (Å²) in [7, 11) is 0. The van der Waals surface area contributed by atoms with Gasteiger partial charge in [0.25, 0.3) is 0 Å². The second-order valence-electron chi connectivity index (χ2n) is 4.32. The molecule has 1 unspecified atom stereocenters. The van der Waals surface area contributed by atoms with E-state index in [1.807, 2.05) is 0 Å². The first kappa shape index (κ1) is 15.3. The van der Waals surface area contributed by atoms with Crippen LogP contribution in [0.15, 0.2) is 18.5 Å². The Morgan fingerprint density at radius 3 is 2.00 bits per heavy atom. The zero-order valence-electron chi connectivity index (χ0n) is 10.7. The highest BCUT2D eigenvalue weighted by atomic mass is 19.2. The van der Waals surface area contributed by atoms with Crippen LogP contribution in [0.5, 0.6) is 0 Å². The largest absolute Gasteiger partial charge is 0.271 e. The van der Waals surface area contributed by atoms with E-state index in [4.69, 9.17) is 5.84 Å². The fourth-order valence-electron chi connectivity index (χ4n) is 1.98. The molecule has 0 bridgehead atoms. The molecule has 0 fully saturated rings. The van der Waals surface area contributed by atoms with Crippen LogP contribution in [0.3, 0.4) is 0 Å². The number of hydrogen-bond acceptors (Lipinski definition) is 3. The normalized spacial score (nSPS) is 12.5. The number of nitrogens with two attached hydrogens (primary N) is 1. The maximum Gasteiger partial charge on any atom is 0.200 e. The molecule has 2 aromatic rings. The van der Waals surface area contributed by atoms with Gasteiger partial charge in [-0.3, -0.25) is 10.8 Å². The molecule has 1 heterocycles. The molecule has 0 aliphatic rings. The van der Waals surface area contributed by atoms with Crippen LogP contribution >= 0.6 is 0 Å². The Kier molecular flexibility index (Phi) is 4.19. The number of hydrogen-bond donors (Lipinski definition) is 2. The highest BCUT2D eigenvalue weighted by Gasteiger charge is 2.31. The molecule has 21 heavy (non-hydrogen) atoms. The van der Waals surface area contributed by atoms with E-state index in [1.165, 1.54) is 18.5 Å². The minimum atomic E-state index is -2.22. The van der Waals surface area contributed by atoms with E-state index in [0.29, 0.717) is 5.56 Å². The van der Waals surface area contributed by atoms with E-state index in [2.05, 4.69) is 10.4 Å². The van der Waals surface area contributed by atoms with Crippen LogP contribution in [0.4, 0.5) is 22.0 Å². The summed E-state index contributed by atoms with van der Waals surface area (Å²) in [5.41, 5.74) is 1.73. The van der Waals surface area contributed by atoms with E-state index in [1.54, 1.807) is 6.92 Å². The van der Waals surface area contributed by atoms with Gasteiger partial charge in [-0.05, 0) is 24.1 Å². The SMILES string of the molecule is Cc1ccncc1C(NN)c1c(F)c(F)c(F)c(F)c1F. The summed E-state index contributed by atoms with van der Waals surface area (Å²) in [5.74, 6) is -4.89. The van der Waals surface area contributed by atoms with Gasteiger partial charge in [0, 0.05) is 12.4 Å². The molecular formula is C13H10F5N3. The standard InChI is InChI=1S/C13H10F5N3/c1-5-2-3-20-4-6(5)13(21-19)7-8(14)10(16)12(18)11(17)9(7)15/h2-4,13,21H,19H2,1H3. The zero-order valence-corrected chi connectivity index (χ0v) is 10.7. The van der Waals surface area contributed by atoms with Crippen molar-refractivity contribution in [1.29, 1.82) is 0 Å². The number of nitrogens with one attached hydrogen (secondary N) is 1. The molecule has 3 N–H and O–H groups in total. The van der Waals surface area contributed by atoms with E-state index in [-0.39, 0.29) is 5.56 Å². The summed E-state index contributed by atoms with van der Waals surface area (Å²) < 4.78 is 67.2. The Morgan fingerprint density at radius 1 is 1.00 bits per heavy atom. The van der Waals surface area contributed by atoms with Gasteiger partial charge in [0.2, 0.25) is 5.82 Å². The van der Waals surface area contributed by atoms with Crippen molar-refractivity contribution >= 4 is 0 Å². The van der Waals surface area contributed by atoms with Crippen molar-refractivity contribution in [1.82, 2.24) is 10.4 Å². The van der Waals surface area contributed by atoms with Crippen LogP contribution < -0.4 is 11.3 Å². The number of hydrazine groups is 1. The summed E-state index contributed by atoms with van der Waals surface area (Å²) in [5, 5.41) is 0. The topological polar surface area (TPSA) is 50.9 Å². The molecule has 0 saturated heterocycles. The highest BCUT2D eigenvalue weighted by Crippen LogP contribution is 2.31. The molecule has 0 radical (unpaired) electrons. The average Bonchev–Trinajstić information content (AvgIpc) is 2.48. The van der Waals surface area contributed by atoms with Crippen molar-refractivity contribution in [3.63, 3.8) is 0 Å². The number of aryl methyl sites for hydroxylation is 1. The molecular weight excluding hydrogens is 293 g/mol. The summed E-state index contributed by atoms with van der Waals surface area (Å²) in [6.07, 6.45) is 2.66. The molecule has 0 amide bonds. The first-order valence-corrected chi connectivity index (χ1v) is 5.78. The van der Waals surface area contributed by atoms with E-state index in [0.717, 1.165) is 0 Å². The highest BCUT2D eigenvalue weighted by molar-refractivity contribution is 5.37. The second kappa shape index (κ2) is 5.74. The lowest BCUT2D eigenvalue weighted by Crippen LogP contribution is -2.32. The van der Waals surface area contributed by atoms with Gasteiger partial charge >= 0.3 is 0 Å². The van der Waals surface area contributed by atoms with Crippen LogP contribution in [-0.4, -0.2) is 4.98 Å². The van der Waals surface area contributed by atoms with Gasteiger partial charge in [-0.25, -0.2) is 27.4 Å². The third-order valence-corrected chi connectivity index (χ3v) is 3.09. The number of halogens is 5. The van der Waals surface area contributed by atoms with Crippen LogP contribution in [0.1, 0.15) is 22.7 Å². The summed E-state index contributed by atoms with van der Waals surface area (Å²) >= 11 is 0. The Labute approximate surface area is 116 Å². The predicted molar refractivity (Wildman–Crippen MR) is 64.4 cm³/mol. The Bertz CT molecular complexity index is 661. The molecule has 1 atom stereocenters. The first-order chi connectivity index (χ1) is 9.90. The van der Waals surface area contributed by atoms with Gasteiger partial charge in [0.15, 0.2) is 23.3 Å². The van der Waals surface area contributed by atoms with Gasteiger partial charge in [-0.1, -0.05) is 0 Å². The Balaban J connectivity index is 2.73. The third-order valence-electron chi connectivity index (χ3n) is 3.09. The lowest BCUT2D eigenvalue weighted by atomic mass is 9.96. The monoisotopic (exact) mass is 303 g/mol. The van der Waals surface area contributed by atoms with Crippen molar-refractivity contribution in [3.05, 3.63) is 64.2 Å². The summed E-state index contributed by atoms with van der Waals surface area (Å²) in [4.78, 5) is 3.76. The zero-order chi connectivity index (χ0) is 15.7. The Hall–Kier alpha value is -2.06. The first-order valence-electron chi connectivity index (χ1n) is 5.78. The molecule has 112 valence electrons. The lowest BCUT2D eigenvalue weighted by molar-refractivity contribution is 0.362. The predicted octanol–water partition coefficient (Wildman–Crippen LogP) is 2.64. The van der Waals surface area contributed by atoms with Gasteiger partial charge in [0.1, 0.15) is 0 Å². The number of benzene rings is 1. The van der Waals surface area contributed by atoms with Gasteiger partial charge in [-0.2, -0.15) is 0 Å². The minimum absolute atomic E-state index is 0.197. The van der Waals surface area contributed by atoms with Crippen LogP contribution in [-0.2, 0) is 0 Å². The molecule has 8 heteroatoms. The maximum atomic E-state index is 13.8. The van der Waals surface area contributed by atoms with Crippen LogP contribution in [0, 0.1) is 36.0 Å². The number of pyridine rings is 1. The molecule has 0 saturated carbocycles. The maximum absolute atomic E-state index is 13.8. The van der Waals surface area contributed by atoms with Crippen LogP contribution in [0.2, 0.25) is 0 Å². The van der Waals surface area contributed by atoms with Gasteiger partial charge in [0.05, 0.1) is 11.6 Å². The third kappa shape index (κ3) is 2.47. The van der Waals surface area contributed by atoms with Crippen molar-refractivity contribution < 1.29 is 22.0 Å². The molecule has 0 aliphatic heterocycles. The van der Waals surface area contributed by atoms with Crippen molar-refractivity contribution in [3.8, 4) is 0 Å². The molecule has 1 aromatic carbocycles. The average molecular weight is 303 g/mol. The minimum Gasteiger partial charge on any atom is -0.271 e. The van der Waals surface area contributed by atoms with Gasteiger partial charge in [-0.15, -0.1) is 0 Å². The number of rotatable bonds is 3. The lowest BCUT2D eigenvalue weighted by Gasteiger charge is -2.20. The molecule has 3 nitrogen and oxygen atoms in total. The molecule has 0 aliphatic carbocycles. The second-order valence-corrected chi connectivity index (χ2v) is 4.32. The van der Waals surface area contributed by atoms with E-state index in [9.17, 15) is 22.0 Å². The van der Waals surface area contributed by atoms with E-state index < -0.39 is 40.7 Å². The summed E-state index contributed by atoms with van der Waals surface area (Å²) in [6, 6.07) is 0.0921. The van der Waals surface area contributed by atoms with E-state index >= 15 is 0 Å². The quantitative estimate of drug-likeness (QED) is 0.301. The van der Waals surface area contributed by atoms with Crippen molar-refractivity contribution in [2.45, 2.75) is 13.0 Å². The number of nitrogens with zero attached hydrogens (tertiary/aromatic N) is 1. The van der Waals surface area contributed by atoms with Crippen LogP contribution in [0.25, 0.3) is 0 Å². The smallest absolute Gasteiger partial charge is 0.200 e. The van der Waals surface area contributed by atoms with Crippen molar-refractivity contribution in [2.75, 3.05) is 0 Å². The van der Waals surface area contributed by atoms with Gasteiger partial charge < -0.3 is 0 Å². The fourth-order valence-corrected chi connectivity index (χ4v) is 1.98. The molecule has 2 rings (SSSR count). The Morgan fingerprint density at radius 2 is 1.52 bits per heavy atom. The molecule has 1 aromatic heterocycles. The molecule has 0 spiro atoms.